The zero-order chi connectivity index (χ0) is 8.69. The van der Waals surface area contributed by atoms with E-state index >= 15 is 0 Å². The first-order chi connectivity index (χ1) is 5.14. The van der Waals surface area contributed by atoms with Crippen LogP contribution >= 0.6 is 0 Å². The van der Waals surface area contributed by atoms with Gasteiger partial charge in [0.15, 0.2) is 0 Å². The monoisotopic (exact) mass is 157 g/mol. The van der Waals surface area contributed by atoms with Gasteiger partial charge in [-0.2, -0.15) is 0 Å². The summed E-state index contributed by atoms with van der Waals surface area (Å²) < 4.78 is 0. The number of aliphatic hydroxyl groups is 1. The van der Waals surface area contributed by atoms with E-state index in [9.17, 15) is 9.90 Å². The molecule has 1 heterocycles. The quantitative estimate of drug-likeness (QED) is 0.449. The van der Waals surface area contributed by atoms with Crippen molar-refractivity contribution in [3.8, 4) is 0 Å². The zero-order valence-electron chi connectivity index (χ0n) is 6.23. The lowest BCUT2D eigenvalue weighted by Crippen LogP contribution is -2.69. The van der Waals surface area contributed by atoms with E-state index in [0.717, 1.165) is 6.92 Å². The van der Waals surface area contributed by atoms with Crippen LogP contribution in [0.3, 0.4) is 0 Å². The van der Waals surface area contributed by atoms with Crippen LogP contribution in [0.25, 0.3) is 0 Å². The number of carbonyl (C=O) groups is 1. The largest absolute Gasteiger partial charge is 0.547 e. The van der Waals surface area contributed by atoms with Gasteiger partial charge in [0.05, 0.1) is 24.5 Å². The number of quaternary nitrogens is 1. The molecule has 4 heteroatoms. The van der Waals surface area contributed by atoms with Gasteiger partial charge in [-0.25, -0.2) is 0 Å². The molecular formula is C7H11NO3. The lowest BCUT2D eigenvalue weighted by Gasteiger charge is -2.00. The number of hydrogen-bond donors (Lipinski definition) is 2. The Morgan fingerprint density at radius 1 is 1.55 bits per heavy atom. The molecule has 1 rings (SSSR count). The number of allylic oxidation sites excluding steroid dienone is 2. The predicted octanol–water partition coefficient (Wildman–Crippen LogP) is -2.29. The molecule has 3 N–H and O–H groups in total. The molecule has 11 heavy (non-hydrogen) atoms. The molecule has 4 nitrogen and oxygen atoms in total. The van der Waals surface area contributed by atoms with E-state index in [0.29, 0.717) is 0 Å². The lowest BCUT2D eigenvalue weighted by molar-refractivity contribution is -0.510. The van der Waals surface area contributed by atoms with Crippen LogP contribution in [0.1, 0.15) is 6.92 Å². The average molecular weight is 157 g/mol. The highest BCUT2D eigenvalue weighted by Crippen LogP contribution is 1.69. The van der Waals surface area contributed by atoms with E-state index < -0.39 is 12.1 Å². The van der Waals surface area contributed by atoms with Crippen molar-refractivity contribution >= 4 is 5.97 Å². The van der Waals surface area contributed by atoms with Crippen molar-refractivity contribution in [1.29, 1.82) is 0 Å². The van der Waals surface area contributed by atoms with Crippen LogP contribution in [0.15, 0.2) is 24.6 Å². The summed E-state index contributed by atoms with van der Waals surface area (Å²) >= 11 is 0. The molecule has 0 fully saturated rings. The molecular weight excluding hydrogens is 146 g/mol. The molecule has 0 bridgehead atoms. The smallest absolute Gasteiger partial charge is 0.0973 e. The van der Waals surface area contributed by atoms with E-state index in [4.69, 9.17) is 5.11 Å². The van der Waals surface area contributed by atoms with Crippen molar-refractivity contribution in [3.63, 3.8) is 0 Å². The van der Waals surface area contributed by atoms with Gasteiger partial charge in [-0.1, -0.05) is 0 Å². The Labute approximate surface area is 64.8 Å². The first-order valence-electron chi connectivity index (χ1n) is 3.20. The fourth-order valence-corrected chi connectivity index (χ4v) is 0.321. The SMILES string of the molecule is C1=C[NH2+]C=C1.CC(O)C(=O)[O-]. The molecule has 0 aromatic rings. The summed E-state index contributed by atoms with van der Waals surface area (Å²) in [4.78, 5) is 9.34. The number of carboxylic acid groups (broad SMARTS) is 1. The Morgan fingerprint density at radius 3 is 2.00 bits per heavy atom. The molecule has 0 aromatic carbocycles. The number of carboxylic acids is 1. The minimum atomic E-state index is -1.44. The maximum absolute atomic E-state index is 9.34. The van der Waals surface area contributed by atoms with Crippen molar-refractivity contribution in [2.75, 3.05) is 0 Å². The zero-order valence-corrected chi connectivity index (χ0v) is 6.23. The van der Waals surface area contributed by atoms with Crippen molar-refractivity contribution in [2.24, 2.45) is 0 Å². The molecule has 0 saturated heterocycles. The number of carbonyl (C=O) groups excluding carboxylic acids is 1. The van der Waals surface area contributed by atoms with Crippen molar-refractivity contribution < 1.29 is 20.3 Å². The minimum Gasteiger partial charge on any atom is -0.547 e. The average Bonchev–Trinajstić information content (AvgIpc) is 2.41. The highest BCUT2D eigenvalue weighted by atomic mass is 16.4. The summed E-state index contributed by atoms with van der Waals surface area (Å²) in [5.74, 6) is -1.44. The van der Waals surface area contributed by atoms with Gasteiger partial charge < -0.3 is 15.0 Å². The van der Waals surface area contributed by atoms with Crippen molar-refractivity contribution in [2.45, 2.75) is 13.0 Å². The Morgan fingerprint density at radius 2 is 1.91 bits per heavy atom. The first-order valence-corrected chi connectivity index (χ1v) is 3.20. The summed E-state index contributed by atoms with van der Waals surface area (Å²) in [6, 6.07) is 0. The maximum Gasteiger partial charge on any atom is 0.0973 e. The second kappa shape index (κ2) is 5.64. The van der Waals surface area contributed by atoms with Gasteiger partial charge in [-0.05, 0) is 19.1 Å². The topological polar surface area (TPSA) is 77.0 Å². The van der Waals surface area contributed by atoms with Gasteiger partial charge in [0.2, 0.25) is 0 Å². The van der Waals surface area contributed by atoms with Gasteiger partial charge >= 0.3 is 0 Å². The van der Waals surface area contributed by atoms with Crippen LogP contribution in [0, 0.1) is 0 Å². The van der Waals surface area contributed by atoms with Crippen LogP contribution in [0.2, 0.25) is 0 Å². The maximum atomic E-state index is 9.34. The van der Waals surface area contributed by atoms with E-state index in [2.05, 4.69) is 0 Å². The van der Waals surface area contributed by atoms with Crippen LogP contribution in [-0.4, -0.2) is 17.2 Å². The molecule has 0 spiro atoms. The second-order valence-electron chi connectivity index (χ2n) is 1.96. The van der Waals surface area contributed by atoms with E-state index in [1.165, 1.54) is 0 Å². The summed E-state index contributed by atoms with van der Waals surface area (Å²) in [6.07, 6.45) is 6.66. The molecule has 0 saturated carbocycles. The third kappa shape index (κ3) is 6.76. The Hall–Kier alpha value is -1.13. The van der Waals surface area contributed by atoms with E-state index in [1.807, 2.05) is 29.9 Å². The Balaban J connectivity index is 0.000000183. The van der Waals surface area contributed by atoms with Gasteiger partial charge in [0, 0.05) is 0 Å². The summed E-state index contributed by atoms with van der Waals surface area (Å²) in [6.45, 7) is 1.13. The van der Waals surface area contributed by atoms with Gasteiger partial charge in [-0.15, -0.1) is 0 Å². The van der Waals surface area contributed by atoms with Crippen LogP contribution in [0.5, 0.6) is 0 Å². The number of rotatable bonds is 1. The molecule has 62 valence electrons. The summed E-state index contributed by atoms with van der Waals surface area (Å²) in [5.41, 5.74) is 0. The van der Waals surface area contributed by atoms with Crippen LogP contribution in [0.4, 0.5) is 0 Å². The van der Waals surface area contributed by atoms with Gasteiger partial charge in [0.25, 0.3) is 0 Å². The third-order valence-electron chi connectivity index (χ3n) is 0.897. The number of aliphatic hydroxyl groups excluding tert-OH is 1. The molecule has 1 atom stereocenters. The van der Waals surface area contributed by atoms with E-state index in [-0.39, 0.29) is 0 Å². The normalized spacial score (nSPS) is 15.5. The van der Waals surface area contributed by atoms with Crippen LogP contribution < -0.4 is 10.4 Å². The van der Waals surface area contributed by atoms with Gasteiger partial charge in [0.1, 0.15) is 0 Å². The second-order valence-corrected chi connectivity index (χ2v) is 1.96. The molecule has 1 unspecified atom stereocenters. The Kier molecular flexibility index (Phi) is 5.06. The summed E-state index contributed by atoms with van der Waals surface area (Å²) in [7, 11) is 0. The third-order valence-corrected chi connectivity index (χ3v) is 0.897. The fourth-order valence-electron chi connectivity index (χ4n) is 0.321. The lowest BCUT2D eigenvalue weighted by atomic mass is 10.4. The standard InChI is InChI=1S/C4H5N.C3H6O3/c1-2-4-5-3-1;1-2(4)3(5)6/h1-5H;2,4H,1H3,(H,5,6). The van der Waals surface area contributed by atoms with Crippen molar-refractivity contribution in [1.82, 2.24) is 0 Å². The predicted molar refractivity (Wildman–Crippen MR) is 36.9 cm³/mol. The molecule has 1 aliphatic heterocycles. The number of hydrogen-bond acceptors (Lipinski definition) is 3. The Bertz CT molecular complexity index is 163. The summed E-state index contributed by atoms with van der Waals surface area (Å²) in [5, 5.41) is 19.3. The van der Waals surface area contributed by atoms with E-state index in [1.54, 1.807) is 0 Å². The fraction of sp³-hybridized carbons (Fsp3) is 0.286. The van der Waals surface area contributed by atoms with Gasteiger partial charge in [-0.3, -0.25) is 5.32 Å². The highest BCUT2D eigenvalue weighted by Gasteiger charge is 1.89. The molecule has 0 amide bonds. The van der Waals surface area contributed by atoms with Crippen LogP contribution in [-0.2, 0) is 4.79 Å². The molecule has 0 aromatic heterocycles. The minimum absolute atomic E-state index is 1.13. The molecule has 1 aliphatic rings. The highest BCUT2D eigenvalue weighted by molar-refractivity contribution is 5.68. The number of aliphatic carboxylic acids is 1. The molecule has 0 aliphatic carbocycles. The number of nitrogens with two attached hydrogens (primary N) is 1. The molecule has 0 radical (unpaired) electrons. The van der Waals surface area contributed by atoms with Crippen molar-refractivity contribution in [3.05, 3.63) is 24.6 Å². The first kappa shape index (κ1) is 9.87.